The normalized spacial score (nSPS) is 24.2. The van der Waals surface area contributed by atoms with Crippen LogP contribution in [0.2, 0.25) is 0 Å². The van der Waals surface area contributed by atoms with Gasteiger partial charge in [-0.05, 0) is 37.0 Å². The molecule has 3 atom stereocenters. The third kappa shape index (κ3) is 4.43. The highest BCUT2D eigenvalue weighted by Crippen LogP contribution is 2.29. The maximum absolute atomic E-state index is 12.4. The predicted molar refractivity (Wildman–Crippen MR) is 72.8 cm³/mol. The Kier molecular flexibility index (Phi) is 5.24. The maximum atomic E-state index is 12.4. The van der Waals surface area contributed by atoms with Gasteiger partial charge in [0.1, 0.15) is 0 Å². The summed E-state index contributed by atoms with van der Waals surface area (Å²) in [5.41, 5.74) is -0.227. The Bertz CT molecular complexity index is 447. The average molecular weight is 303 g/mol. The lowest BCUT2D eigenvalue weighted by Gasteiger charge is -2.17. The van der Waals surface area contributed by atoms with Gasteiger partial charge in [0.05, 0.1) is 17.8 Å². The highest BCUT2D eigenvalue weighted by Gasteiger charge is 2.30. The fourth-order valence-corrected chi connectivity index (χ4v) is 2.46. The summed E-state index contributed by atoms with van der Waals surface area (Å²) in [6.45, 7) is 3.83. The first-order valence-corrected chi connectivity index (χ1v) is 7.05. The van der Waals surface area contributed by atoms with E-state index < -0.39 is 17.8 Å². The number of rotatable bonds is 5. The molecule has 3 nitrogen and oxygen atoms in total. The van der Waals surface area contributed by atoms with Gasteiger partial charge < -0.3 is 15.2 Å². The standard InChI is InChI=1S/C15H20F3NO2/c1-10-12(6-7-21-10)8-19-9-14(20)11-2-4-13(5-3-11)15(16,17)18/h2-5,10,12,14,19-20H,6-9H2,1H3. The zero-order valence-electron chi connectivity index (χ0n) is 11.9. The minimum Gasteiger partial charge on any atom is -0.387 e. The first kappa shape index (κ1) is 16.3. The van der Waals surface area contributed by atoms with Gasteiger partial charge in [0, 0.05) is 19.7 Å². The van der Waals surface area contributed by atoms with Crippen molar-refractivity contribution in [2.75, 3.05) is 19.7 Å². The van der Waals surface area contributed by atoms with Gasteiger partial charge in [-0.15, -0.1) is 0 Å². The minimum atomic E-state index is -4.35. The van der Waals surface area contributed by atoms with E-state index in [2.05, 4.69) is 5.32 Å². The molecule has 21 heavy (non-hydrogen) atoms. The highest BCUT2D eigenvalue weighted by atomic mass is 19.4. The number of hydrogen-bond donors (Lipinski definition) is 2. The van der Waals surface area contributed by atoms with Crippen molar-refractivity contribution in [1.29, 1.82) is 0 Å². The van der Waals surface area contributed by atoms with E-state index in [1.807, 2.05) is 6.92 Å². The molecule has 0 aliphatic carbocycles. The fraction of sp³-hybridized carbons (Fsp3) is 0.600. The Balaban J connectivity index is 1.81. The Morgan fingerprint density at radius 2 is 2.00 bits per heavy atom. The molecular formula is C15H20F3NO2. The molecule has 1 saturated heterocycles. The fourth-order valence-electron chi connectivity index (χ4n) is 2.46. The van der Waals surface area contributed by atoms with Gasteiger partial charge in [0.15, 0.2) is 0 Å². The number of halogens is 3. The third-order valence-corrected chi connectivity index (χ3v) is 3.90. The molecule has 1 aliphatic rings. The molecule has 2 N–H and O–H groups in total. The molecule has 0 bridgehead atoms. The number of aliphatic hydroxyl groups excluding tert-OH is 1. The summed E-state index contributed by atoms with van der Waals surface area (Å²) < 4.78 is 42.8. The highest BCUT2D eigenvalue weighted by molar-refractivity contribution is 5.26. The van der Waals surface area contributed by atoms with Crippen LogP contribution in [-0.2, 0) is 10.9 Å². The zero-order chi connectivity index (χ0) is 15.5. The van der Waals surface area contributed by atoms with Crippen LogP contribution in [0.3, 0.4) is 0 Å². The lowest BCUT2D eigenvalue weighted by Crippen LogP contribution is -2.30. The van der Waals surface area contributed by atoms with Gasteiger partial charge >= 0.3 is 6.18 Å². The van der Waals surface area contributed by atoms with Crippen LogP contribution >= 0.6 is 0 Å². The number of hydrogen-bond acceptors (Lipinski definition) is 3. The molecule has 6 heteroatoms. The van der Waals surface area contributed by atoms with Crippen LogP contribution in [0.25, 0.3) is 0 Å². The Labute approximate surface area is 122 Å². The summed E-state index contributed by atoms with van der Waals surface area (Å²) >= 11 is 0. The van der Waals surface area contributed by atoms with Crippen LogP contribution in [0.4, 0.5) is 13.2 Å². The average Bonchev–Trinajstić information content (AvgIpc) is 2.83. The van der Waals surface area contributed by atoms with Crippen molar-refractivity contribution >= 4 is 0 Å². The number of aliphatic hydroxyl groups is 1. The number of benzene rings is 1. The Morgan fingerprint density at radius 3 is 2.52 bits per heavy atom. The molecular weight excluding hydrogens is 283 g/mol. The molecule has 1 aromatic carbocycles. The van der Waals surface area contributed by atoms with Crippen LogP contribution in [0.15, 0.2) is 24.3 Å². The number of nitrogens with one attached hydrogen (secondary N) is 1. The summed E-state index contributed by atoms with van der Waals surface area (Å²) in [4.78, 5) is 0. The van der Waals surface area contributed by atoms with Crippen molar-refractivity contribution < 1.29 is 23.0 Å². The van der Waals surface area contributed by atoms with Crippen molar-refractivity contribution in [3.63, 3.8) is 0 Å². The SMILES string of the molecule is CC1OCCC1CNCC(O)c1ccc(C(F)(F)F)cc1. The monoisotopic (exact) mass is 303 g/mol. The number of ether oxygens (including phenoxy) is 1. The molecule has 0 amide bonds. The van der Waals surface area contributed by atoms with E-state index in [4.69, 9.17) is 4.74 Å². The van der Waals surface area contributed by atoms with Gasteiger partial charge in [0.2, 0.25) is 0 Å². The Morgan fingerprint density at radius 1 is 1.33 bits per heavy atom. The lowest BCUT2D eigenvalue weighted by atomic mass is 10.0. The van der Waals surface area contributed by atoms with E-state index in [-0.39, 0.29) is 6.10 Å². The van der Waals surface area contributed by atoms with Crippen molar-refractivity contribution in [3.05, 3.63) is 35.4 Å². The molecule has 0 aromatic heterocycles. The molecule has 0 radical (unpaired) electrons. The molecule has 1 heterocycles. The van der Waals surface area contributed by atoms with E-state index >= 15 is 0 Å². The Hall–Kier alpha value is -1.11. The van der Waals surface area contributed by atoms with Crippen LogP contribution < -0.4 is 5.32 Å². The van der Waals surface area contributed by atoms with E-state index in [0.29, 0.717) is 18.0 Å². The molecule has 1 fully saturated rings. The minimum absolute atomic E-state index is 0.209. The zero-order valence-corrected chi connectivity index (χ0v) is 11.9. The second-order valence-corrected chi connectivity index (χ2v) is 5.42. The van der Waals surface area contributed by atoms with E-state index in [1.165, 1.54) is 12.1 Å². The van der Waals surface area contributed by atoms with Crippen LogP contribution in [0, 0.1) is 5.92 Å². The number of alkyl halides is 3. The van der Waals surface area contributed by atoms with Gasteiger partial charge in [-0.1, -0.05) is 12.1 Å². The first-order valence-electron chi connectivity index (χ1n) is 7.05. The second kappa shape index (κ2) is 6.77. The van der Waals surface area contributed by atoms with E-state index in [0.717, 1.165) is 31.7 Å². The quantitative estimate of drug-likeness (QED) is 0.879. The molecule has 0 spiro atoms. The molecule has 3 unspecified atom stereocenters. The third-order valence-electron chi connectivity index (χ3n) is 3.90. The molecule has 0 saturated carbocycles. The summed E-state index contributed by atoms with van der Waals surface area (Å²) in [7, 11) is 0. The molecule has 1 aromatic rings. The summed E-state index contributed by atoms with van der Waals surface area (Å²) in [6.07, 6.45) is -3.96. The van der Waals surface area contributed by atoms with E-state index in [1.54, 1.807) is 0 Å². The van der Waals surface area contributed by atoms with Gasteiger partial charge in [-0.25, -0.2) is 0 Å². The lowest BCUT2D eigenvalue weighted by molar-refractivity contribution is -0.137. The summed E-state index contributed by atoms with van der Waals surface area (Å²) in [6, 6.07) is 4.61. The molecule has 2 rings (SSSR count). The van der Waals surface area contributed by atoms with Crippen molar-refractivity contribution in [2.45, 2.75) is 31.7 Å². The predicted octanol–water partition coefficient (Wildman–Crippen LogP) is 2.75. The van der Waals surface area contributed by atoms with Crippen LogP contribution in [-0.4, -0.2) is 30.9 Å². The largest absolute Gasteiger partial charge is 0.416 e. The van der Waals surface area contributed by atoms with Gasteiger partial charge in [-0.3, -0.25) is 0 Å². The summed E-state index contributed by atoms with van der Waals surface area (Å²) in [5.74, 6) is 0.421. The van der Waals surface area contributed by atoms with Gasteiger partial charge in [-0.2, -0.15) is 13.2 Å². The van der Waals surface area contributed by atoms with Crippen molar-refractivity contribution in [1.82, 2.24) is 5.32 Å². The van der Waals surface area contributed by atoms with Crippen molar-refractivity contribution in [2.24, 2.45) is 5.92 Å². The topological polar surface area (TPSA) is 41.5 Å². The summed E-state index contributed by atoms with van der Waals surface area (Å²) in [5, 5.41) is 13.1. The first-order chi connectivity index (χ1) is 9.88. The van der Waals surface area contributed by atoms with Crippen molar-refractivity contribution in [3.8, 4) is 0 Å². The van der Waals surface area contributed by atoms with Crippen LogP contribution in [0.1, 0.15) is 30.6 Å². The van der Waals surface area contributed by atoms with E-state index in [9.17, 15) is 18.3 Å². The molecule has 1 aliphatic heterocycles. The second-order valence-electron chi connectivity index (χ2n) is 5.42. The molecule has 118 valence electrons. The smallest absolute Gasteiger partial charge is 0.387 e. The maximum Gasteiger partial charge on any atom is 0.416 e. The van der Waals surface area contributed by atoms with Crippen LogP contribution in [0.5, 0.6) is 0 Å². The van der Waals surface area contributed by atoms with Gasteiger partial charge in [0.25, 0.3) is 0 Å².